The van der Waals surface area contributed by atoms with Crippen molar-refractivity contribution in [1.82, 2.24) is 14.9 Å². The molecule has 4 rings (SSSR count). The molecule has 1 aliphatic heterocycles. The lowest BCUT2D eigenvalue weighted by atomic mass is 9.87. The fourth-order valence-corrected chi connectivity index (χ4v) is 4.62. The van der Waals surface area contributed by atoms with Gasteiger partial charge in [0, 0.05) is 41.4 Å². The summed E-state index contributed by atoms with van der Waals surface area (Å²) in [5, 5.41) is 1.31. The highest BCUT2D eigenvalue weighted by Crippen LogP contribution is 2.38. The summed E-state index contributed by atoms with van der Waals surface area (Å²) < 4.78 is 5.15. The van der Waals surface area contributed by atoms with Crippen LogP contribution in [0.3, 0.4) is 0 Å². The van der Waals surface area contributed by atoms with Crippen LogP contribution in [0.25, 0.3) is 22.2 Å². The van der Waals surface area contributed by atoms with Gasteiger partial charge in [0.15, 0.2) is 0 Å². The van der Waals surface area contributed by atoms with Crippen molar-refractivity contribution in [3.63, 3.8) is 0 Å². The molecule has 1 aromatic carbocycles. The van der Waals surface area contributed by atoms with Crippen molar-refractivity contribution in [2.45, 2.75) is 52.4 Å². The molecule has 2 aromatic heterocycles. The summed E-state index contributed by atoms with van der Waals surface area (Å²) in [5.74, 6) is 0.879. The number of H-pyrrole nitrogens is 1. The normalized spacial score (nSPS) is 15.2. The van der Waals surface area contributed by atoms with E-state index in [1.807, 2.05) is 24.9 Å². The number of hydrogen-bond acceptors (Lipinski definition) is 3. The summed E-state index contributed by atoms with van der Waals surface area (Å²) in [6, 6.07) is 11.0. The number of nitrogens with one attached hydrogen (secondary N) is 1. The van der Waals surface area contributed by atoms with Gasteiger partial charge in [-0.05, 0) is 73.9 Å². The molecule has 0 unspecified atom stereocenters. The Labute approximate surface area is 178 Å². The summed E-state index contributed by atoms with van der Waals surface area (Å²) in [7, 11) is 0. The lowest BCUT2D eigenvalue weighted by molar-refractivity contribution is 0.0971. The van der Waals surface area contributed by atoms with Gasteiger partial charge in [-0.15, -0.1) is 0 Å². The number of pyridine rings is 1. The first kappa shape index (κ1) is 20.5. The van der Waals surface area contributed by atoms with Crippen LogP contribution in [0, 0.1) is 6.92 Å². The molecule has 0 radical (unpaired) electrons. The maximum Gasteiger partial charge on any atom is 0.409 e. The molecule has 3 aromatic rings. The summed E-state index contributed by atoms with van der Waals surface area (Å²) in [4.78, 5) is 21.8. The number of hydrogen-bond donors (Lipinski definition) is 1. The molecule has 0 bridgehead atoms. The average Bonchev–Trinajstić information content (AvgIpc) is 3.13. The predicted molar refractivity (Wildman–Crippen MR) is 121 cm³/mol. The number of nitrogens with zero attached hydrogens (tertiary/aromatic N) is 2. The van der Waals surface area contributed by atoms with Gasteiger partial charge >= 0.3 is 6.09 Å². The van der Waals surface area contributed by atoms with Crippen LogP contribution >= 0.6 is 0 Å². The first-order chi connectivity index (χ1) is 14.5. The maximum atomic E-state index is 12.0. The minimum absolute atomic E-state index is 0.184. The van der Waals surface area contributed by atoms with Gasteiger partial charge in [-0.1, -0.05) is 19.9 Å². The van der Waals surface area contributed by atoms with E-state index in [1.165, 1.54) is 33.3 Å². The number of piperidine rings is 1. The maximum absolute atomic E-state index is 12.0. The van der Waals surface area contributed by atoms with Crippen LogP contribution in [0.1, 0.15) is 62.3 Å². The summed E-state index contributed by atoms with van der Waals surface area (Å²) in [6.45, 7) is 10.3. The smallest absolute Gasteiger partial charge is 0.409 e. The Hall–Kier alpha value is -2.82. The van der Waals surface area contributed by atoms with E-state index >= 15 is 0 Å². The third-order valence-electron chi connectivity index (χ3n) is 6.12. The number of carbonyl (C=O) groups is 1. The number of rotatable bonds is 4. The zero-order chi connectivity index (χ0) is 21.3. The highest BCUT2D eigenvalue weighted by Gasteiger charge is 2.25. The van der Waals surface area contributed by atoms with Crippen LogP contribution in [0.15, 0.2) is 36.5 Å². The Kier molecular flexibility index (Phi) is 5.80. The molecule has 1 aliphatic rings. The molecule has 3 heterocycles. The van der Waals surface area contributed by atoms with E-state index in [-0.39, 0.29) is 6.09 Å². The summed E-state index contributed by atoms with van der Waals surface area (Å²) >= 11 is 0. The van der Waals surface area contributed by atoms with Crippen molar-refractivity contribution in [1.29, 1.82) is 0 Å². The van der Waals surface area contributed by atoms with Crippen LogP contribution in [0.4, 0.5) is 4.79 Å². The number of aromatic nitrogens is 2. The molecule has 0 saturated carbocycles. The van der Waals surface area contributed by atoms with Crippen LogP contribution < -0.4 is 0 Å². The molecule has 1 saturated heterocycles. The molecule has 5 heteroatoms. The molecule has 158 valence electrons. The fourth-order valence-electron chi connectivity index (χ4n) is 4.62. The van der Waals surface area contributed by atoms with E-state index in [0.29, 0.717) is 18.4 Å². The minimum Gasteiger partial charge on any atom is -0.450 e. The summed E-state index contributed by atoms with van der Waals surface area (Å²) in [5.41, 5.74) is 7.31. The monoisotopic (exact) mass is 405 g/mol. The fraction of sp³-hybridized carbons (Fsp3) is 0.440. The van der Waals surface area contributed by atoms with E-state index in [0.717, 1.165) is 31.6 Å². The van der Waals surface area contributed by atoms with Gasteiger partial charge in [0.25, 0.3) is 0 Å². The third kappa shape index (κ3) is 3.93. The zero-order valence-corrected chi connectivity index (χ0v) is 18.4. The number of carbonyl (C=O) groups excluding carboxylic acids is 1. The molecule has 0 aliphatic carbocycles. The number of amides is 1. The molecule has 0 spiro atoms. The third-order valence-corrected chi connectivity index (χ3v) is 6.12. The van der Waals surface area contributed by atoms with Crippen LogP contribution in [0.2, 0.25) is 0 Å². The zero-order valence-electron chi connectivity index (χ0n) is 18.4. The lowest BCUT2D eigenvalue weighted by Crippen LogP contribution is -2.38. The molecular formula is C25H31N3O2. The van der Waals surface area contributed by atoms with Gasteiger partial charge in [-0.2, -0.15) is 0 Å². The van der Waals surface area contributed by atoms with Crippen molar-refractivity contribution < 1.29 is 9.53 Å². The Balaban J connectivity index is 1.65. The largest absolute Gasteiger partial charge is 0.450 e. The van der Waals surface area contributed by atoms with Crippen LogP contribution in [-0.4, -0.2) is 40.7 Å². The topological polar surface area (TPSA) is 58.2 Å². The standard InChI is InChI=1S/C25H31N3O2/c1-5-30-25(29)28-12-9-18(10-13-28)19-6-7-22-21(15-19)23(16(2)3)24(27-22)20-8-11-26-17(4)14-20/h6-8,11,14-16,18,27H,5,9-10,12-13H2,1-4H3. The molecule has 1 amide bonds. The number of fused-ring (bicyclic) bond motifs is 1. The van der Waals surface area contributed by atoms with Gasteiger partial charge < -0.3 is 14.6 Å². The van der Waals surface area contributed by atoms with Gasteiger partial charge in [0.1, 0.15) is 0 Å². The first-order valence-corrected chi connectivity index (χ1v) is 11.0. The van der Waals surface area contributed by atoms with Gasteiger partial charge in [-0.25, -0.2) is 4.79 Å². The highest BCUT2D eigenvalue weighted by atomic mass is 16.6. The first-order valence-electron chi connectivity index (χ1n) is 11.0. The highest BCUT2D eigenvalue weighted by molar-refractivity contribution is 5.92. The van der Waals surface area contributed by atoms with E-state index in [4.69, 9.17) is 4.74 Å². The molecular weight excluding hydrogens is 374 g/mol. The van der Waals surface area contributed by atoms with E-state index in [2.05, 4.69) is 54.1 Å². The molecule has 5 nitrogen and oxygen atoms in total. The number of aromatic amines is 1. The Morgan fingerprint density at radius 1 is 1.23 bits per heavy atom. The number of ether oxygens (including phenoxy) is 1. The van der Waals surface area contributed by atoms with Crippen molar-refractivity contribution in [3.05, 3.63) is 53.3 Å². The Morgan fingerprint density at radius 3 is 2.67 bits per heavy atom. The second kappa shape index (κ2) is 8.50. The number of likely N-dealkylation sites (tertiary alicyclic amines) is 1. The van der Waals surface area contributed by atoms with Crippen molar-refractivity contribution in [3.8, 4) is 11.3 Å². The molecule has 1 N–H and O–H groups in total. The average molecular weight is 406 g/mol. The molecule has 1 fully saturated rings. The van der Waals surface area contributed by atoms with Crippen molar-refractivity contribution in [2.75, 3.05) is 19.7 Å². The minimum atomic E-state index is -0.184. The second-order valence-corrected chi connectivity index (χ2v) is 8.52. The molecule has 0 atom stereocenters. The van der Waals surface area contributed by atoms with E-state index in [1.54, 1.807) is 0 Å². The Bertz CT molecular complexity index is 1050. The number of benzene rings is 1. The number of aryl methyl sites for hydroxylation is 1. The quantitative estimate of drug-likeness (QED) is 0.579. The Morgan fingerprint density at radius 2 is 2.00 bits per heavy atom. The predicted octanol–water partition coefficient (Wildman–Crippen LogP) is 6.00. The lowest BCUT2D eigenvalue weighted by Gasteiger charge is -2.31. The van der Waals surface area contributed by atoms with Crippen LogP contribution in [0.5, 0.6) is 0 Å². The van der Waals surface area contributed by atoms with Gasteiger partial charge in [0.2, 0.25) is 0 Å². The van der Waals surface area contributed by atoms with Crippen LogP contribution in [-0.2, 0) is 4.74 Å². The van der Waals surface area contributed by atoms with E-state index < -0.39 is 0 Å². The van der Waals surface area contributed by atoms with Gasteiger partial charge in [0.05, 0.1) is 12.3 Å². The summed E-state index contributed by atoms with van der Waals surface area (Å²) in [6.07, 6.45) is 3.64. The van der Waals surface area contributed by atoms with Crippen molar-refractivity contribution in [2.24, 2.45) is 0 Å². The SMILES string of the molecule is CCOC(=O)N1CCC(c2ccc3[nH]c(-c4ccnc(C)c4)c(C(C)C)c3c2)CC1. The van der Waals surface area contributed by atoms with Crippen molar-refractivity contribution >= 4 is 17.0 Å². The molecule has 30 heavy (non-hydrogen) atoms. The second-order valence-electron chi connectivity index (χ2n) is 8.52. The van der Waals surface area contributed by atoms with Gasteiger partial charge in [-0.3, -0.25) is 4.98 Å². The van der Waals surface area contributed by atoms with E-state index in [9.17, 15) is 4.79 Å².